The van der Waals surface area contributed by atoms with Gasteiger partial charge in [0.25, 0.3) is 0 Å². The number of benzene rings is 1. The summed E-state index contributed by atoms with van der Waals surface area (Å²) in [6.45, 7) is 10.4. The molecule has 6 nitrogen and oxygen atoms in total. The summed E-state index contributed by atoms with van der Waals surface area (Å²) >= 11 is 0. The molecule has 1 aliphatic carbocycles. The van der Waals surface area contributed by atoms with Crippen molar-refractivity contribution in [3.63, 3.8) is 0 Å². The van der Waals surface area contributed by atoms with E-state index in [4.69, 9.17) is 4.74 Å². The van der Waals surface area contributed by atoms with Gasteiger partial charge < -0.3 is 20.3 Å². The fourth-order valence-electron chi connectivity index (χ4n) is 4.09. The molecule has 0 spiro atoms. The number of ether oxygens (including phenoxy) is 1. The molecule has 1 aliphatic heterocycles. The molecule has 1 aromatic rings. The monoisotopic (exact) mass is 373 g/mol. The number of carbonyl (C=O) groups is 2. The predicted octanol–water partition coefficient (Wildman–Crippen LogP) is 3.76. The Morgan fingerprint density at radius 1 is 1.22 bits per heavy atom. The second kappa shape index (κ2) is 7.06. The van der Waals surface area contributed by atoms with E-state index in [1.807, 2.05) is 38.7 Å². The third kappa shape index (κ3) is 4.54. The average molecular weight is 373 g/mol. The van der Waals surface area contributed by atoms with Gasteiger partial charge in [-0.15, -0.1) is 0 Å². The zero-order valence-corrected chi connectivity index (χ0v) is 17.0. The molecule has 0 bridgehead atoms. The first-order valence-electron chi connectivity index (χ1n) is 9.72. The van der Waals surface area contributed by atoms with Crippen LogP contribution in [0.2, 0.25) is 0 Å². The summed E-state index contributed by atoms with van der Waals surface area (Å²) in [4.78, 5) is 26.6. The van der Waals surface area contributed by atoms with Crippen LogP contribution in [-0.4, -0.2) is 40.8 Å². The fourth-order valence-corrected chi connectivity index (χ4v) is 4.09. The standard InChI is InChI=1S/C21H31N3O3/c1-14-17-9-7-6-8-15(17)10-11-24(14)18(25)23-21(5)12-16(13-21)22-19(26)27-20(2,3)4/h6-9,14,16H,10-13H2,1-5H3,(H,22,26)(H,23,25)/t14-,16-,21-/m0/s1. The Labute approximate surface area is 161 Å². The third-order valence-electron chi connectivity index (χ3n) is 5.38. The van der Waals surface area contributed by atoms with Crippen molar-refractivity contribution in [1.29, 1.82) is 0 Å². The first-order chi connectivity index (χ1) is 12.6. The Balaban J connectivity index is 1.51. The number of hydrogen-bond acceptors (Lipinski definition) is 3. The molecule has 1 saturated carbocycles. The minimum absolute atomic E-state index is 0.0321. The molecule has 2 aliphatic rings. The maximum Gasteiger partial charge on any atom is 0.407 e. The van der Waals surface area contributed by atoms with E-state index in [9.17, 15) is 9.59 Å². The van der Waals surface area contributed by atoms with Gasteiger partial charge in [-0.3, -0.25) is 0 Å². The number of amides is 3. The van der Waals surface area contributed by atoms with E-state index >= 15 is 0 Å². The van der Waals surface area contributed by atoms with Crippen LogP contribution >= 0.6 is 0 Å². The SMILES string of the molecule is C[C@H]1c2ccccc2CCN1C(=O)N[C@]1(C)C[C@@H](NC(=O)OC(C)(C)C)C1. The quantitative estimate of drug-likeness (QED) is 0.829. The van der Waals surface area contributed by atoms with E-state index in [0.717, 1.165) is 13.0 Å². The number of nitrogens with zero attached hydrogens (tertiary/aromatic N) is 1. The zero-order chi connectivity index (χ0) is 19.8. The van der Waals surface area contributed by atoms with Crippen LogP contribution in [0.4, 0.5) is 9.59 Å². The summed E-state index contributed by atoms with van der Waals surface area (Å²) in [6.07, 6.45) is 1.89. The van der Waals surface area contributed by atoms with Gasteiger partial charge in [0.2, 0.25) is 0 Å². The van der Waals surface area contributed by atoms with Crippen LogP contribution in [-0.2, 0) is 11.2 Å². The fraction of sp³-hybridized carbons (Fsp3) is 0.619. The van der Waals surface area contributed by atoms with Gasteiger partial charge in [0.05, 0.1) is 6.04 Å². The smallest absolute Gasteiger partial charge is 0.407 e. The molecule has 0 saturated heterocycles. The first-order valence-corrected chi connectivity index (χ1v) is 9.72. The molecule has 2 N–H and O–H groups in total. The minimum Gasteiger partial charge on any atom is -0.444 e. The van der Waals surface area contributed by atoms with E-state index in [1.165, 1.54) is 11.1 Å². The van der Waals surface area contributed by atoms with Crippen molar-refractivity contribution in [3.8, 4) is 0 Å². The second-order valence-corrected chi connectivity index (χ2v) is 9.06. The summed E-state index contributed by atoms with van der Waals surface area (Å²) < 4.78 is 5.29. The highest BCUT2D eigenvalue weighted by atomic mass is 16.6. The molecule has 27 heavy (non-hydrogen) atoms. The Morgan fingerprint density at radius 2 is 1.89 bits per heavy atom. The largest absolute Gasteiger partial charge is 0.444 e. The normalized spacial score (nSPS) is 27.2. The van der Waals surface area contributed by atoms with Crippen LogP contribution in [0.25, 0.3) is 0 Å². The number of alkyl carbamates (subject to hydrolysis) is 1. The van der Waals surface area contributed by atoms with Gasteiger partial charge in [-0.2, -0.15) is 0 Å². The van der Waals surface area contributed by atoms with E-state index in [0.29, 0.717) is 12.8 Å². The third-order valence-corrected chi connectivity index (χ3v) is 5.38. The van der Waals surface area contributed by atoms with Gasteiger partial charge in [-0.25, -0.2) is 9.59 Å². The van der Waals surface area contributed by atoms with Crippen molar-refractivity contribution in [2.24, 2.45) is 0 Å². The van der Waals surface area contributed by atoms with E-state index in [-0.39, 0.29) is 23.7 Å². The lowest BCUT2D eigenvalue weighted by Crippen LogP contribution is -2.64. The number of fused-ring (bicyclic) bond motifs is 1. The maximum absolute atomic E-state index is 12.8. The van der Waals surface area contributed by atoms with Crippen LogP contribution in [0, 0.1) is 0 Å². The van der Waals surface area contributed by atoms with Crippen LogP contribution in [0.5, 0.6) is 0 Å². The molecular formula is C21H31N3O3. The molecule has 0 unspecified atom stereocenters. The van der Waals surface area contributed by atoms with Gasteiger partial charge in [0, 0.05) is 18.1 Å². The van der Waals surface area contributed by atoms with Crippen molar-refractivity contribution in [2.75, 3.05) is 6.54 Å². The molecule has 3 rings (SSSR count). The number of nitrogens with one attached hydrogen (secondary N) is 2. The maximum atomic E-state index is 12.8. The van der Waals surface area contributed by atoms with Crippen molar-refractivity contribution in [2.45, 2.75) is 77.1 Å². The predicted molar refractivity (Wildman–Crippen MR) is 105 cm³/mol. The van der Waals surface area contributed by atoms with E-state index in [1.54, 1.807) is 0 Å². The Kier molecular flexibility index (Phi) is 5.10. The molecule has 0 radical (unpaired) electrons. The van der Waals surface area contributed by atoms with Crippen LogP contribution in [0.1, 0.15) is 64.6 Å². The molecule has 6 heteroatoms. The Morgan fingerprint density at radius 3 is 2.56 bits per heavy atom. The van der Waals surface area contributed by atoms with Gasteiger partial charge in [-0.05, 0) is 65.0 Å². The number of hydrogen-bond donors (Lipinski definition) is 2. The number of carbonyl (C=O) groups excluding carboxylic acids is 2. The average Bonchev–Trinajstić information content (AvgIpc) is 2.52. The number of urea groups is 1. The van der Waals surface area contributed by atoms with E-state index in [2.05, 4.69) is 35.8 Å². The van der Waals surface area contributed by atoms with Crippen LogP contribution in [0.15, 0.2) is 24.3 Å². The molecule has 1 heterocycles. The van der Waals surface area contributed by atoms with E-state index < -0.39 is 11.7 Å². The van der Waals surface area contributed by atoms with Gasteiger partial charge in [-0.1, -0.05) is 24.3 Å². The molecule has 3 amide bonds. The Hall–Kier alpha value is -2.24. The summed E-state index contributed by atoms with van der Waals surface area (Å²) in [5.41, 5.74) is 1.74. The second-order valence-electron chi connectivity index (χ2n) is 9.06. The summed E-state index contributed by atoms with van der Waals surface area (Å²) in [5.74, 6) is 0. The lowest BCUT2D eigenvalue weighted by Gasteiger charge is -2.47. The highest BCUT2D eigenvalue weighted by Crippen LogP contribution is 2.34. The highest BCUT2D eigenvalue weighted by Gasteiger charge is 2.44. The van der Waals surface area contributed by atoms with Crippen LogP contribution in [0.3, 0.4) is 0 Å². The lowest BCUT2D eigenvalue weighted by atomic mass is 9.74. The molecule has 1 atom stereocenters. The molecular weight excluding hydrogens is 342 g/mol. The lowest BCUT2D eigenvalue weighted by molar-refractivity contribution is 0.0424. The summed E-state index contributed by atoms with van der Waals surface area (Å²) in [5, 5.41) is 6.05. The topological polar surface area (TPSA) is 70.7 Å². The number of rotatable bonds is 2. The van der Waals surface area contributed by atoms with Gasteiger partial charge in [0.15, 0.2) is 0 Å². The van der Waals surface area contributed by atoms with Crippen molar-refractivity contribution >= 4 is 12.1 Å². The molecule has 148 valence electrons. The van der Waals surface area contributed by atoms with Crippen molar-refractivity contribution in [3.05, 3.63) is 35.4 Å². The summed E-state index contributed by atoms with van der Waals surface area (Å²) in [6, 6.07) is 8.38. The van der Waals surface area contributed by atoms with Crippen LogP contribution < -0.4 is 10.6 Å². The zero-order valence-electron chi connectivity index (χ0n) is 17.0. The Bertz CT molecular complexity index is 720. The van der Waals surface area contributed by atoms with Crippen molar-refractivity contribution in [1.82, 2.24) is 15.5 Å². The summed E-state index contributed by atoms with van der Waals surface area (Å²) in [7, 11) is 0. The van der Waals surface area contributed by atoms with Gasteiger partial charge in [0.1, 0.15) is 5.60 Å². The minimum atomic E-state index is -0.508. The highest BCUT2D eigenvalue weighted by molar-refractivity contribution is 5.76. The first kappa shape index (κ1) is 19.5. The van der Waals surface area contributed by atoms with Crippen molar-refractivity contribution < 1.29 is 14.3 Å². The van der Waals surface area contributed by atoms with Gasteiger partial charge >= 0.3 is 12.1 Å². The molecule has 1 aromatic carbocycles. The molecule has 0 aromatic heterocycles. The molecule has 1 fully saturated rings.